The maximum Gasteiger partial charge on any atom is 0.0471 e. The maximum absolute atomic E-state index is 3.21. The van der Waals surface area contributed by atoms with Crippen molar-refractivity contribution in [3.63, 3.8) is 0 Å². The predicted octanol–water partition coefficient (Wildman–Crippen LogP) is 2.63. The molecule has 2 aromatic rings. The van der Waals surface area contributed by atoms with E-state index in [1.165, 1.54) is 22.5 Å². The number of aromatic amines is 2. The average molecular weight is 160 g/mol. The Morgan fingerprint density at radius 2 is 2.00 bits per heavy atom. The van der Waals surface area contributed by atoms with Crippen LogP contribution in [0.15, 0.2) is 24.5 Å². The minimum Gasteiger partial charge on any atom is -0.364 e. The van der Waals surface area contributed by atoms with Crippen molar-refractivity contribution in [1.82, 2.24) is 9.97 Å². The summed E-state index contributed by atoms with van der Waals surface area (Å²) in [4.78, 5) is 6.39. The first-order valence-electron chi connectivity index (χ1n) is 4.07. The lowest BCUT2D eigenvalue weighted by Gasteiger charge is -1.95. The molecule has 0 amide bonds. The summed E-state index contributed by atoms with van der Waals surface area (Å²) in [6.45, 7) is 4.21. The molecule has 0 radical (unpaired) electrons. The topological polar surface area (TPSA) is 31.6 Å². The van der Waals surface area contributed by atoms with Gasteiger partial charge < -0.3 is 9.97 Å². The van der Waals surface area contributed by atoms with E-state index < -0.39 is 0 Å². The third-order valence-electron chi connectivity index (χ3n) is 2.29. The lowest BCUT2D eigenvalue weighted by molar-refractivity contribution is 1.23. The molecule has 0 atom stereocenters. The van der Waals surface area contributed by atoms with Crippen molar-refractivity contribution in [2.45, 2.75) is 13.8 Å². The smallest absolute Gasteiger partial charge is 0.0471 e. The second-order valence-corrected chi connectivity index (χ2v) is 3.04. The van der Waals surface area contributed by atoms with Crippen LogP contribution in [0.1, 0.15) is 11.3 Å². The first-order valence-corrected chi connectivity index (χ1v) is 4.07. The van der Waals surface area contributed by atoms with Crippen molar-refractivity contribution in [3.8, 4) is 11.3 Å². The molecule has 0 aliphatic heterocycles. The van der Waals surface area contributed by atoms with E-state index in [0.717, 1.165) is 0 Å². The molecule has 0 saturated carbocycles. The van der Waals surface area contributed by atoms with Crippen LogP contribution in [0.3, 0.4) is 0 Å². The van der Waals surface area contributed by atoms with Gasteiger partial charge in [0.2, 0.25) is 0 Å². The summed E-state index contributed by atoms with van der Waals surface area (Å²) in [7, 11) is 0. The number of aryl methyl sites for hydroxylation is 1. The molecule has 2 nitrogen and oxygen atoms in total. The number of hydrogen-bond acceptors (Lipinski definition) is 0. The summed E-state index contributed by atoms with van der Waals surface area (Å²) in [6.07, 6.45) is 3.98. The van der Waals surface area contributed by atoms with E-state index in [9.17, 15) is 0 Å². The lowest BCUT2D eigenvalue weighted by Crippen LogP contribution is -1.77. The summed E-state index contributed by atoms with van der Waals surface area (Å²) in [6, 6.07) is 4.09. The quantitative estimate of drug-likeness (QED) is 0.642. The standard InChI is InChI=1S/C10H12N2/c1-7-8(2)12-6-9(7)10-4-3-5-11-10/h3-6,11-12H,1-2H3. The van der Waals surface area contributed by atoms with E-state index in [0.29, 0.717) is 0 Å². The molecule has 2 rings (SSSR count). The molecular weight excluding hydrogens is 148 g/mol. The fourth-order valence-electron chi connectivity index (χ4n) is 1.38. The lowest BCUT2D eigenvalue weighted by atomic mass is 10.1. The molecular formula is C10H12N2. The second kappa shape index (κ2) is 2.55. The fraction of sp³-hybridized carbons (Fsp3) is 0.200. The van der Waals surface area contributed by atoms with Gasteiger partial charge in [0.25, 0.3) is 0 Å². The number of aromatic nitrogens is 2. The Hall–Kier alpha value is -1.44. The van der Waals surface area contributed by atoms with E-state index in [1.54, 1.807) is 0 Å². The van der Waals surface area contributed by atoms with Crippen molar-refractivity contribution < 1.29 is 0 Å². The van der Waals surface area contributed by atoms with Crippen LogP contribution in [0.4, 0.5) is 0 Å². The van der Waals surface area contributed by atoms with Crippen LogP contribution in [-0.4, -0.2) is 9.97 Å². The molecule has 0 saturated heterocycles. The van der Waals surface area contributed by atoms with Gasteiger partial charge in [0.05, 0.1) is 0 Å². The van der Waals surface area contributed by atoms with Gasteiger partial charge in [-0.2, -0.15) is 0 Å². The van der Waals surface area contributed by atoms with Crippen LogP contribution in [0.2, 0.25) is 0 Å². The SMILES string of the molecule is Cc1[nH]cc(-c2ccc[nH]2)c1C. The minimum absolute atomic E-state index is 1.18. The van der Waals surface area contributed by atoms with Crippen LogP contribution in [-0.2, 0) is 0 Å². The van der Waals surface area contributed by atoms with Crippen molar-refractivity contribution in [3.05, 3.63) is 35.8 Å². The molecule has 0 aliphatic carbocycles. The molecule has 2 heterocycles. The number of hydrogen-bond donors (Lipinski definition) is 2. The molecule has 0 bridgehead atoms. The Bertz CT molecular complexity index is 368. The summed E-state index contributed by atoms with van der Waals surface area (Å²) in [5, 5.41) is 0. The molecule has 2 aromatic heterocycles. The summed E-state index contributed by atoms with van der Waals surface area (Å²) in [5.41, 5.74) is 4.99. The average Bonchev–Trinajstić information content (AvgIpc) is 2.64. The largest absolute Gasteiger partial charge is 0.364 e. The highest BCUT2D eigenvalue weighted by Gasteiger charge is 2.04. The molecule has 2 N–H and O–H groups in total. The molecule has 0 aliphatic rings. The van der Waals surface area contributed by atoms with E-state index in [-0.39, 0.29) is 0 Å². The molecule has 0 unspecified atom stereocenters. The van der Waals surface area contributed by atoms with E-state index in [4.69, 9.17) is 0 Å². The second-order valence-electron chi connectivity index (χ2n) is 3.04. The first-order chi connectivity index (χ1) is 5.79. The van der Waals surface area contributed by atoms with Gasteiger partial charge in [-0.05, 0) is 31.5 Å². The van der Waals surface area contributed by atoms with Crippen LogP contribution >= 0.6 is 0 Å². The van der Waals surface area contributed by atoms with Crippen molar-refractivity contribution in [1.29, 1.82) is 0 Å². The fourth-order valence-corrected chi connectivity index (χ4v) is 1.38. The summed E-state index contributed by atoms with van der Waals surface area (Å²) < 4.78 is 0. The third kappa shape index (κ3) is 0.961. The van der Waals surface area contributed by atoms with Gasteiger partial charge in [-0.3, -0.25) is 0 Å². The van der Waals surface area contributed by atoms with E-state index in [2.05, 4.69) is 29.9 Å². The van der Waals surface area contributed by atoms with Crippen LogP contribution in [0.25, 0.3) is 11.3 Å². The number of H-pyrrole nitrogens is 2. The highest BCUT2D eigenvalue weighted by Crippen LogP contribution is 2.22. The molecule has 0 fully saturated rings. The van der Waals surface area contributed by atoms with Gasteiger partial charge in [-0.15, -0.1) is 0 Å². The Kier molecular flexibility index (Phi) is 1.54. The molecule has 12 heavy (non-hydrogen) atoms. The molecule has 2 heteroatoms. The molecule has 0 spiro atoms. The first kappa shape index (κ1) is 7.22. The van der Waals surface area contributed by atoms with E-state index >= 15 is 0 Å². The van der Waals surface area contributed by atoms with E-state index in [1.807, 2.05) is 18.5 Å². The zero-order chi connectivity index (χ0) is 8.55. The zero-order valence-electron chi connectivity index (χ0n) is 7.31. The Balaban J connectivity index is 2.55. The Labute approximate surface area is 71.6 Å². The highest BCUT2D eigenvalue weighted by atomic mass is 14.7. The molecule has 0 aromatic carbocycles. The normalized spacial score (nSPS) is 10.5. The predicted molar refractivity (Wildman–Crippen MR) is 50.1 cm³/mol. The van der Waals surface area contributed by atoms with Crippen molar-refractivity contribution in [2.24, 2.45) is 0 Å². The van der Waals surface area contributed by atoms with Gasteiger partial charge in [0.15, 0.2) is 0 Å². The Morgan fingerprint density at radius 1 is 1.17 bits per heavy atom. The minimum atomic E-state index is 1.18. The molecule has 62 valence electrons. The Morgan fingerprint density at radius 3 is 2.50 bits per heavy atom. The van der Waals surface area contributed by atoms with Crippen LogP contribution < -0.4 is 0 Å². The highest BCUT2D eigenvalue weighted by molar-refractivity contribution is 5.64. The van der Waals surface area contributed by atoms with Crippen LogP contribution in [0.5, 0.6) is 0 Å². The van der Waals surface area contributed by atoms with Crippen molar-refractivity contribution in [2.75, 3.05) is 0 Å². The van der Waals surface area contributed by atoms with Gasteiger partial charge in [-0.25, -0.2) is 0 Å². The van der Waals surface area contributed by atoms with Gasteiger partial charge >= 0.3 is 0 Å². The van der Waals surface area contributed by atoms with Crippen molar-refractivity contribution >= 4 is 0 Å². The van der Waals surface area contributed by atoms with Gasteiger partial charge in [-0.1, -0.05) is 0 Å². The van der Waals surface area contributed by atoms with Gasteiger partial charge in [0.1, 0.15) is 0 Å². The number of rotatable bonds is 1. The maximum atomic E-state index is 3.21. The summed E-state index contributed by atoms with van der Waals surface area (Å²) in [5.74, 6) is 0. The van der Waals surface area contributed by atoms with Crippen LogP contribution in [0, 0.1) is 13.8 Å². The number of nitrogens with one attached hydrogen (secondary N) is 2. The summed E-state index contributed by atoms with van der Waals surface area (Å²) >= 11 is 0. The third-order valence-corrected chi connectivity index (χ3v) is 2.29. The van der Waals surface area contributed by atoms with Gasteiger partial charge in [0, 0.05) is 29.3 Å². The monoisotopic (exact) mass is 160 g/mol. The zero-order valence-corrected chi connectivity index (χ0v) is 7.31.